The zero-order chi connectivity index (χ0) is 12.8. The van der Waals surface area contributed by atoms with Gasteiger partial charge in [-0.25, -0.2) is 4.79 Å². The van der Waals surface area contributed by atoms with Crippen molar-refractivity contribution in [2.45, 2.75) is 0 Å². The zero-order valence-electron chi connectivity index (χ0n) is 9.38. The topological polar surface area (TPSA) is 78.7 Å². The lowest BCUT2D eigenvalue weighted by atomic mass is 10.2. The second-order valence-electron chi connectivity index (χ2n) is 3.06. The van der Waals surface area contributed by atoms with Gasteiger partial charge in [0, 0.05) is 12.1 Å². The first-order valence-electron chi connectivity index (χ1n) is 4.67. The minimum Gasteiger partial charge on any atom is -0.490 e. The summed E-state index contributed by atoms with van der Waals surface area (Å²) in [7, 11) is 2.54. The maximum absolute atomic E-state index is 11.2. The summed E-state index contributed by atoms with van der Waals surface area (Å²) in [5.74, 6) is -0.660. The molecule has 0 aromatic heterocycles. The molecule has 0 amide bonds. The van der Waals surface area contributed by atoms with Gasteiger partial charge in [0.05, 0.1) is 19.1 Å². The molecule has 1 aromatic rings. The number of nitro groups is 1. The summed E-state index contributed by atoms with van der Waals surface area (Å²) in [6.07, 6.45) is 1.37. The van der Waals surface area contributed by atoms with E-state index in [2.05, 4.69) is 4.74 Å². The molecule has 0 radical (unpaired) electrons. The summed E-state index contributed by atoms with van der Waals surface area (Å²) in [5.41, 5.74) is 0.431. The van der Waals surface area contributed by atoms with Crippen LogP contribution in [0.4, 0.5) is 5.69 Å². The minimum atomic E-state index is -0.640. The highest BCUT2D eigenvalue weighted by Gasteiger charge is 2.11. The smallest absolute Gasteiger partial charge is 0.373 e. The molecule has 0 saturated carbocycles. The number of nitro benzene ring substituents is 1. The van der Waals surface area contributed by atoms with Crippen molar-refractivity contribution < 1.29 is 19.2 Å². The highest BCUT2D eigenvalue weighted by molar-refractivity contribution is 5.91. The van der Waals surface area contributed by atoms with E-state index in [1.165, 1.54) is 38.5 Å². The Morgan fingerprint density at radius 1 is 1.35 bits per heavy atom. The molecule has 6 nitrogen and oxygen atoms in total. The predicted octanol–water partition coefficient (Wildman–Crippen LogP) is 1.76. The number of nitrogens with zero attached hydrogens (tertiary/aromatic N) is 1. The molecule has 90 valence electrons. The summed E-state index contributed by atoms with van der Waals surface area (Å²) >= 11 is 0. The number of hydrogen-bond donors (Lipinski definition) is 0. The lowest BCUT2D eigenvalue weighted by molar-refractivity contribution is -0.384. The van der Waals surface area contributed by atoms with Crippen molar-refractivity contribution in [3.8, 4) is 0 Å². The van der Waals surface area contributed by atoms with Crippen LogP contribution >= 0.6 is 0 Å². The molecule has 1 rings (SSSR count). The highest BCUT2D eigenvalue weighted by atomic mass is 16.6. The number of carbonyl (C=O) groups excluding carboxylic acids is 1. The molecule has 1 aromatic carbocycles. The number of carbonyl (C=O) groups is 1. The number of hydrogen-bond acceptors (Lipinski definition) is 5. The Kier molecular flexibility index (Phi) is 4.21. The normalized spacial score (nSPS) is 10.8. The summed E-state index contributed by atoms with van der Waals surface area (Å²) in [6, 6.07) is 5.84. The van der Waals surface area contributed by atoms with E-state index in [1.54, 1.807) is 6.07 Å². The minimum absolute atomic E-state index is 0.0204. The molecular weight excluding hydrogens is 226 g/mol. The van der Waals surface area contributed by atoms with Gasteiger partial charge in [-0.2, -0.15) is 0 Å². The van der Waals surface area contributed by atoms with Crippen LogP contribution in [0.25, 0.3) is 6.08 Å². The summed E-state index contributed by atoms with van der Waals surface area (Å²) in [4.78, 5) is 21.3. The van der Waals surface area contributed by atoms with E-state index in [0.29, 0.717) is 5.56 Å². The molecule has 0 aliphatic heterocycles. The first-order chi connectivity index (χ1) is 8.08. The average molecular weight is 237 g/mol. The Balaban J connectivity index is 3.07. The Hall–Kier alpha value is -2.37. The summed E-state index contributed by atoms with van der Waals surface area (Å²) in [5, 5.41) is 10.6. The van der Waals surface area contributed by atoms with Crippen molar-refractivity contribution in [2.75, 3.05) is 14.2 Å². The van der Waals surface area contributed by atoms with Gasteiger partial charge in [0.1, 0.15) is 0 Å². The van der Waals surface area contributed by atoms with Gasteiger partial charge >= 0.3 is 5.97 Å². The van der Waals surface area contributed by atoms with Crippen molar-refractivity contribution in [3.05, 3.63) is 45.7 Å². The molecule has 0 aliphatic rings. The van der Waals surface area contributed by atoms with Crippen LogP contribution in [0.5, 0.6) is 0 Å². The van der Waals surface area contributed by atoms with E-state index >= 15 is 0 Å². The summed E-state index contributed by atoms with van der Waals surface area (Å²) < 4.78 is 9.31. The molecule has 0 bridgehead atoms. The third kappa shape index (κ3) is 3.30. The van der Waals surface area contributed by atoms with Crippen LogP contribution in [0, 0.1) is 10.1 Å². The van der Waals surface area contributed by atoms with Crippen molar-refractivity contribution in [1.82, 2.24) is 0 Å². The third-order valence-corrected chi connectivity index (χ3v) is 1.99. The molecule has 0 atom stereocenters. The first kappa shape index (κ1) is 12.7. The van der Waals surface area contributed by atoms with Gasteiger partial charge in [-0.15, -0.1) is 0 Å². The lowest BCUT2D eigenvalue weighted by Crippen LogP contribution is -2.06. The van der Waals surface area contributed by atoms with E-state index in [4.69, 9.17) is 4.74 Å². The molecule has 0 N–H and O–H groups in total. The van der Waals surface area contributed by atoms with E-state index in [0.717, 1.165) is 0 Å². The number of benzene rings is 1. The fourth-order valence-electron chi connectivity index (χ4n) is 1.18. The Morgan fingerprint density at radius 3 is 2.59 bits per heavy atom. The van der Waals surface area contributed by atoms with Crippen LogP contribution in [-0.4, -0.2) is 25.1 Å². The third-order valence-electron chi connectivity index (χ3n) is 1.99. The first-order valence-corrected chi connectivity index (χ1v) is 4.67. The van der Waals surface area contributed by atoms with Crippen LogP contribution in [0.1, 0.15) is 5.56 Å². The number of methoxy groups -OCH3 is 2. The second kappa shape index (κ2) is 5.64. The van der Waals surface area contributed by atoms with Crippen molar-refractivity contribution in [3.63, 3.8) is 0 Å². The van der Waals surface area contributed by atoms with E-state index < -0.39 is 10.9 Å². The van der Waals surface area contributed by atoms with E-state index in [9.17, 15) is 14.9 Å². The Labute approximate surface area is 97.6 Å². The van der Waals surface area contributed by atoms with Gasteiger partial charge < -0.3 is 9.47 Å². The fraction of sp³-hybridized carbons (Fsp3) is 0.182. The van der Waals surface area contributed by atoms with Gasteiger partial charge in [-0.1, -0.05) is 12.1 Å². The molecule has 0 unspecified atom stereocenters. The van der Waals surface area contributed by atoms with Gasteiger partial charge in [-0.05, 0) is 11.6 Å². The van der Waals surface area contributed by atoms with Crippen molar-refractivity contribution in [2.24, 2.45) is 0 Å². The van der Waals surface area contributed by atoms with Gasteiger partial charge in [0.15, 0.2) is 0 Å². The molecular formula is C11H11NO5. The van der Waals surface area contributed by atoms with Crippen LogP contribution in [0.15, 0.2) is 30.0 Å². The number of esters is 1. The van der Waals surface area contributed by atoms with Crippen molar-refractivity contribution in [1.29, 1.82) is 0 Å². The molecule has 6 heteroatoms. The maximum atomic E-state index is 11.2. The van der Waals surface area contributed by atoms with E-state index in [1.807, 2.05) is 0 Å². The maximum Gasteiger partial charge on any atom is 0.373 e. The quantitative estimate of drug-likeness (QED) is 0.262. The molecule has 0 aliphatic carbocycles. The van der Waals surface area contributed by atoms with Crippen LogP contribution in [0.2, 0.25) is 0 Å². The fourth-order valence-corrected chi connectivity index (χ4v) is 1.18. The number of rotatable bonds is 4. The monoisotopic (exact) mass is 237 g/mol. The van der Waals surface area contributed by atoms with Crippen LogP contribution in [-0.2, 0) is 14.3 Å². The Bertz CT molecular complexity index is 467. The molecule has 0 heterocycles. The zero-order valence-corrected chi connectivity index (χ0v) is 9.38. The van der Waals surface area contributed by atoms with Gasteiger partial charge in [0.25, 0.3) is 5.69 Å². The van der Waals surface area contributed by atoms with Crippen molar-refractivity contribution >= 4 is 17.7 Å². The molecule has 17 heavy (non-hydrogen) atoms. The summed E-state index contributed by atoms with van der Waals surface area (Å²) in [6.45, 7) is 0. The Morgan fingerprint density at radius 2 is 2.06 bits per heavy atom. The molecule has 0 saturated heterocycles. The van der Waals surface area contributed by atoms with Gasteiger partial charge in [0.2, 0.25) is 5.76 Å². The number of non-ortho nitro benzene ring substituents is 1. The lowest BCUT2D eigenvalue weighted by Gasteiger charge is -2.03. The van der Waals surface area contributed by atoms with Gasteiger partial charge in [-0.3, -0.25) is 10.1 Å². The molecule has 0 spiro atoms. The van der Waals surface area contributed by atoms with E-state index in [-0.39, 0.29) is 11.4 Å². The second-order valence-corrected chi connectivity index (χ2v) is 3.06. The average Bonchev–Trinajstić information content (AvgIpc) is 2.35. The highest BCUT2D eigenvalue weighted by Crippen LogP contribution is 2.16. The number of ether oxygens (including phenoxy) is 2. The standard InChI is InChI=1S/C11H11NO5/c1-16-10(11(13)17-2)7-8-4-3-5-9(6-8)12(14)15/h3-7H,1-2H3/b10-7+. The van der Waals surface area contributed by atoms with Crippen LogP contribution in [0.3, 0.4) is 0 Å². The molecule has 0 fully saturated rings. The van der Waals surface area contributed by atoms with Crippen LogP contribution < -0.4 is 0 Å². The largest absolute Gasteiger partial charge is 0.490 e. The SMILES string of the molecule is COC(=O)/C(=C\c1cccc([N+](=O)[O-])c1)OC. The predicted molar refractivity (Wildman–Crippen MR) is 60.1 cm³/mol.